The van der Waals surface area contributed by atoms with E-state index in [9.17, 15) is 9.59 Å². The van der Waals surface area contributed by atoms with E-state index in [2.05, 4.69) is 0 Å². The first kappa shape index (κ1) is 23.0. The van der Waals surface area contributed by atoms with E-state index in [4.69, 9.17) is 10.2 Å². The van der Waals surface area contributed by atoms with Crippen LogP contribution in [0.3, 0.4) is 0 Å². The van der Waals surface area contributed by atoms with Crippen LogP contribution in [0.15, 0.2) is 24.3 Å². The number of hydrogen-bond donors (Lipinski definition) is 2. The van der Waals surface area contributed by atoms with Gasteiger partial charge in [-0.2, -0.15) is 0 Å². The van der Waals surface area contributed by atoms with Gasteiger partial charge in [-0.1, -0.05) is 12.1 Å². The zero-order chi connectivity index (χ0) is 18.6. The van der Waals surface area contributed by atoms with Crippen LogP contribution < -0.4 is 0 Å². The summed E-state index contributed by atoms with van der Waals surface area (Å²) in [5, 5.41) is 17.6. The Kier molecular flexibility index (Phi) is 8.72. The first-order chi connectivity index (χ1) is 11.0. The minimum Gasteiger partial charge on any atom is -0.478 e. The second kappa shape index (κ2) is 9.48. The molecule has 0 aromatic heterocycles. The average molecular weight is 394 g/mol. The molecule has 2 aromatic rings. The molecule has 0 saturated heterocycles. The van der Waals surface area contributed by atoms with Crippen LogP contribution in [0.1, 0.15) is 54.1 Å². The van der Waals surface area contributed by atoms with Crippen LogP contribution in [0.25, 0.3) is 0 Å². The number of carboxylic acids is 2. The molecule has 0 aliphatic heterocycles. The Hall–Kier alpha value is -2.00. The van der Waals surface area contributed by atoms with Gasteiger partial charge in [0.05, 0.1) is 11.1 Å². The van der Waals surface area contributed by atoms with E-state index in [0.29, 0.717) is 11.1 Å². The normalized spacial score (nSPS) is 9.52. The van der Waals surface area contributed by atoms with Gasteiger partial charge in [-0.15, -0.1) is 0 Å². The Bertz CT molecular complexity index is 727. The molecule has 4 nitrogen and oxygen atoms in total. The minimum atomic E-state index is -0.848. The molecule has 5 heteroatoms. The fourth-order valence-electron chi connectivity index (χ4n) is 2.52. The third kappa shape index (κ3) is 6.10. The van der Waals surface area contributed by atoms with Gasteiger partial charge in [0.15, 0.2) is 0 Å². The summed E-state index contributed by atoms with van der Waals surface area (Å²) in [7, 11) is 0. The molecule has 0 atom stereocenters. The van der Waals surface area contributed by atoms with Gasteiger partial charge in [0.1, 0.15) is 0 Å². The van der Waals surface area contributed by atoms with E-state index < -0.39 is 11.9 Å². The Morgan fingerprint density at radius 2 is 0.920 bits per heavy atom. The van der Waals surface area contributed by atoms with E-state index in [1.54, 1.807) is 12.1 Å². The molecule has 25 heavy (non-hydrogen) atoms. The molecular formula is C20H24O4Zn. The summed E-state index contributed by atoms with van der Waals surface area (Å²) in [6.45, 7) is 11.3. The summed E-state index contributed by atoms with van der Waals surface area (Å²) < 4.78 is 0. The van der Waals surface area contributed by atoms with E-state index in [1.807, 2.05) is 53.7 Å². The van der Waals surface area contributed by atoms with Crippen molar-refractivity contribution in [1.29, 1.82) is 0 Å². The van der Waals surface area contributed by atoms with Crippen molar-refractivity contribution in [2.45, 2.75) is 41.5 Å². The van der Waals surface area contributed by atoms with Crippen LogP contribution in [0.4, 0.5) is 0 Å². The van der Waals surface area contributed by atoms with Gasteiger partial charge in [-0.3, -0.25) is 0 Å². The number of carboxylic acid groups (broad SMARTS) is 2. The van der Waals surface area contributed by atoms with Crippen LogP contribution in [0.2, 0.25) is 0 Å². The molecule has 0 aliphatic rings. The predicted octanol–water partition coefficient (Wildman–Crippen LogP) is 4.62. The molecule has 0 unspecified atom stereocenters. The monoisotopic (exact) mass is 392 g/mol. The van der Waals surface area contributed by atoms with E-state index in [0.717, 1.165) is 33.4 Å². The summed E-state index contributed by atoms with van der Waals surface area (Å²) in [5.41, 5.74) is 6.59. The van der Waals surface area contributed by atoms with Gasteiger partial charge in [0, 0.05) is 19.5 Å². The SMILES string of the molecule is Cc1cc(C)c(C)c(C(=O)O)c1.Cc1cc(C)c(C)c(C(=O)O)c1.[Zn]. The maximum Gasteiger partial charge on any atom is 0.335 e. The summed E-state index contributed by atoms with van der Waals surface area (Å²) in [6, 6.07) is 7.37. The first-order valence-electron chi connectivity index (χ1n) is 7.66. The molecule has 0 heterocycles. The summed E-state index contributed by atoms with van der Waals surface area (Å²) in [4.78, 5) is 21.5. The molecule has 0 amide bonds. The number of carbonyl (C=O) groups is 2. The zero-order valence-electron chi connectivity index (χ0n) is 15.7. The zero-order valence-corrected chi connectivity index (χ0v) is 18.7. The van der Waals surface area contributed by atoms with Crippen molar-refractivity contribution < 1.29 is 39.3 Å². The quantitative estimate of drug-likeness (QED) is 0.730. The Labute approximate surface area is 161 Å². The van der Waals surface area contributed by atoms with E-state index in [1.165, 1.54) is 0 Å². The molecule has 2 aromatic carbocycles. The fourth-order valence-corrected chi connectivity index (χ4v) is 2.52. The Balaban J connectivity index is 0.000000443. The maximum atomic E-state index is 10.7. The van der Waals surface area contributed by atoms with Crippen molar-refractivity contribution in [3.05, 3.63) is 68.8 Å². The second-order valence-corrected chi connectivity index (χ2v) is 6.12. The number of aryl methyl sites for hydroxylation is 4. The maximum absolute atomic E-state index is 10.7. The summed E-state index contributed by atoms with van der Waals surface area (Å²) in [5.74, 6) is -1.70. The standard InChI is InChI=1S/2C10H12O2.Zn/c2*1-6-4-7(2)8(3)9(5-6)10(11)12;/h2*4-5H,1-3H3,(H,11,12);. The van der Waals surface area contributed by atoms with Crippen LogP contribution >= 0.6 is 0 Å². The van der Waals surface area contributed by atoms with Crippen LogP contribution in [0, 0.1) is 41.5 Å². The van der Waals surface area contributed by atoms with Gasteiger partial charge in [-0.05, 0) is 87.1 Å². The van der Waals surface area contributed by atoms with Crippen molar-refractivity contribution in [3.8, 4) is 0 Å². The van der Waals surface area contributed by atoms with Crippen LogP contribution in [-0.2, 0) is 19.5 Å². The van der Waals surface area contributed by atoms with Crippen molar-refractivity contribution in [2.24, 2.45) is 0 Å². The third-order valence-corrected chi connectivity index (χ3v) is 4.08. The predicted molar refractivity (Wildman–Crippen MR) is 95.2 cm³/mol. The summed E-state index contributed by atoms with van der Waals surface area (Å²) in [6.07, 6.45) is 0. The topological polar surface area (TPSA) is 74.6 Å². The number of benzene rings is 2. The van der Waals surface area contributed by atoms with Crippen molar-refractivity contribution in [3.63, 3.8) is 0 Å². The molecule has 0 fully saturated rings. The van der Waals surface area contributed by atoms with Crippen LogP contribution in [-0.4, -0.2) is 22.2 Å². The van der Waals surface area contributed by atoms with Gasteiger partial charge >= 0.3 is 11.9 Å². The van der Waals surface area contributed by atoms with Crippen LogP contribution in [0.5, 0.6) is 0 Å². The molecule has 0 radical (unpaired) electrons. The average Bonchev–Trinajstić information content (AvgIpc) is 2.46. The van der Waals surface area contributed by atoms with E-state index >= 15 is 0 Å². The molecule has 0 bridgehead atoms. The van der Waals surface area contributed by atoms with Crippen molar-refractivity contribution in [2.75, 3.05) is 0 Å². The minimum absolute atomic E-state index is 0. The number of hydrogen-bond acceptors (Lipinski definition) is 2. The van der Waals surface area contributed by atoms with E-state index in [-0.39, 0.29) is 19.5 Å². The Morgan fingerprint density at radius 1 is 0.640 bits per heavy atom. The summed E-state index contributed by atoms with van der Waals surface area (Å²) >= 11 is 0. The van der Waals surface area contributed by atoms with Gasteiger partial charge in [-0.25, -0.2) is 9.59 Å². The largest absolute Gasteiger partial charge is 0.478 e. The van der Waals surface area contributed by atoms with Gasteiger partial charge < -0.3 is 10.2 Å². The second-order valence-electron chi connectivity index (χ2n) is 6.12. The number of rotatable bonds is 2. The molecule has 130 valence electrons. The molecule has 0 aliphatic carbocycles. The third-order valence-electron chi connectivity index (χ3n) is 4.08. The molecule has 0 spiro atoms. The smallest absolute Gasteiger partial charge is 0.335 e. The van der Waals surface area contributed by atoms with Crippen molar-refractivity contribution >= 4 is 11.9 Å². The van der Waals surface area contributed by atoms with Gasteiger partial charge in [0.2, 0.25) is 0 Å². The first-order valence-corrected chi connectivity index (χ1v) is 7.66. The number of aromatic carboxylic acids is 2. The van der Waals surface area contributed by atoms with Gasteiger partial charge in [0.25, 0.3) is 0 Å². The molecule has 2 rings (SSSR count). The fraction of sp³-hybridized carbons (Fsp3) is 0.300. The molecular weight excluding hydrogens is 370 g/mol. The van der Waals surface area contributed by atoms with Crippen molar-refractivity contribution in [1.82, 2.24) is 0 Å². The Morgan fingerprint density at radius 3 is 1.16 bits per heavy atom. The molecule has 0 saturated carbocycles. The molecule has 2 N–H and O–H groups in total.